The van der Waals surface area contributed by atoms with Gasteiger partial charge >= 0.3 is 5.97 Å². The minimum absolute atomic E-state index is 0.0193. The zero-order valence-corrected chi connectivity index (χ0v) is 38.6. The highest BCUT2D eigenvalue weighted by molar-refractivity contribution is 7.86. The maximum absolute atomic E-state index is 12.4. The standard InChI is InChI=1S/C42H53N3O16S3/c1-29(7-13-36-41(2,18-6-26-62(49,50)51)32-27-30(63(52,53)54)9-11-34(32)43(36)20-24-59-5)8-14-37-42(3,19-23-58-4)33-28-31(64(55,56)57)10-12-35(33)44(37)21-25-60-22-17-40(48)61-45-38(46)15-16-39(45)47/h7-14,27-28H,6,15-26H2,1-5H3,(H2-,49,50,51,52,53,54,55,56,57)/p+1. The van der Waals surface area contributed by atoms with Crippen LogP contribution < -0.4 is 4.90 Å². The number of amides is 2. The second-order valence-electron chi connectivity index (χ2n) is 16.0. The van der Waals surface area contributed by atoms with Crippen molar-refractivity contribution >= 4 is 65.2 Å². The number of nitrogens with zero attached hydrogens (tertiary/aromatic N) is 3. The number of benzene rings is 2. The van der Waals surface area contributed by atoms with E-state index in [1.54, 1.807) is 12.1 Å². The smallest absolute Gasteiger partial charge is 0.335 e. The molecule has 2 unspecified atom stereocenters. The Kier molecular flexibility index (Phi) is 15.9. The molecule has 22 heteroatoms. The second-order valence-corrected chi connectivity index (χ2v) is 20.4. The maximum Gasteiger partial charge on any atom is 0.335 e. The fourth-order valence-electron chi connectivity index (χ4n) is 8.18. The molecule has 350 valence electrons. The summed E-state index contributed by atoms with van der Waals surface area (Å²) in [5.74, 6) is -2.56. The summed E-state index contributed by atoms with van der Waals surface area (Å²) >= 11 is 0. The Hall–Kier alpha value is -4.65. The first-order valence-corrected chi connectivity index (χ1v) is 24.7. The van der Waals surface area contributed by atoms with Gasteiger partial charge in [-0.25, -0.2) is 4.79 Å². The molecule has 3 heterocycles. The van der Waals surface area contributed by atoms with Crippen molar-refractivity contribution in [2.45, 2.75) is 79.9 Å². The molecule has 2 atom stereocenters. The van der Waals surface area contributed by atoms with E-state index < -0.39 is 64.7 Å². The number of anilines is 1. The number of rotatable bonds is 22. The summed E-state index contributed by atoms with van der Waals surface area (Å²) in [6, 6.07) is 8.51. The third kappa shape index (κ3) is 11.6. The van der Waals surface area contributed by atoms with Crippen LogP contribution in [0.1, 0.15) is 70.4 Å². The molecule has 2 aromatic rings. The molecule has 5 rings (SSSR count). The molecule has 3 aliphatic rings. The zero-order valence-electron chi connectivity index (χ0n) is 36.2. The topological polar surface area (TPSA) is 261 Å². The van der Waals surface area contributed by atoms with E-state index in [9.17, 15) is 53.3 Å². The van der Waals surface area contributed by atoms with E-state index in [1.807, 2.05) is 54.6 Å². The molecule has 0 aromatic heterocycles. The van der Waals surface area contributed by atoms with Crippen molar-refractivity contribution in [2.75, 3.05) is 64.4 Å². The average molecular weight is 953 g/mol. The number of methoxy groups -OCH3 is 2. The predicted molar refractivity (Wildman–Crippen MR) is 232 cm³/mol. The highest BCUT2D eigenvalue weighted by Gasteiger charge is 2.48. The number of fused-ring (bicyclic) bond motifs is 2. The Bertz CT molecular complexity index is 2610. The van der Waals surface area contributed by atoms with Crippen LogP contribution in [0.25, 0.3) is 0 Å². The normalized spacial score (nSPS) is 21.2. The third-order valence-electron chi connectivity index (χ3n) is 11.5. The van der Waals surface area contributed by atoms with Gasteiger partial charge in [0.15, 0.2) is 12.3 Å². The highest BCUT2D eigenvalue weighted by Crippen LogP contribution is 2.51. The Morgan fingerprint density at radius 1 is 0.828 bits per heavy atom. The first-order valence-electron chi connectivity index (χ1n) is 20.3. The van der Waals surface area contributed by atoms with Crippen LogP contribution >= 0.6 is 0 Å². The molecular weight excluding hydrogens is 899 g/mol. The van der Waals surface area contributed by atoms with Gasteiger partial charge < -0.3 is 23.9 Å². The Labute approximate surface area is 373 Å². The summed E-state index contributed by atoms with van der Waals surface area (Å²) < 4.78 is 121. The van der Waals surface area contributed by atoms with E-state index in [2.05, 4.69) is 0 Å². The Balaban J connectivity index is 1.50. The number of allylic oxidation sites excluding steroid dienone is 6. The second kappa shape index (κ2) is 20.3. The van der Waals surface area contributed by atoms with Crippen LogP contribution in [0.4, 0.5) is 11.4 Å². The van der Waals surface area contributed by atoms with Gasteiger partial charge in [0, 0.05) is 74.7 Å². The Morgan fingerprint density at radius 2 is 1.45 bits per heavy atom. The fourth-order valence-corrected chi connectivity index (χ4v) is 9.71. The molecule has 0 radical (unpaired) electrons. The molecule has 3 N–H and O–H groups in total. The number of ether oxygens (including phenoxy) is 3. The van der Waals surface area contributed by atoms with Gasteiger partial charge in [-0.1, -0.05) is 17.7 Å². The molecule has 0 saturated carbocycles. The van der Waals surface area contributed by atoms with Crippen LogP contribution in [-0.4, -0.2) is 132 Å². The van der Waals surface area contributed by atoms with Crippen molar-refractivity contribution in [3.63, 3.8) is 0 Å². The summed E-state index contributed by atoms with van der Waals surface area (Å²) in [6.45, 7) is 6.63. The number of hydrogen-bond donors (Lipinski definition) is 3. The maximum atomic E-state index is 12.4. The summed E-state index contributed by atoms with van der Waals surface area (Å²) in [7, 11) is -10.4. The molecule has 1 fully saturated rings. The van der Waals surface area contributed by atoms with Crippen LogP contribution in [0, 0.1) is 0 Å². The molecule has 1 saturated heterocycles. The van der Waals surface area contributed by atoms with Crippen molar-refractivity contribution in [2.24, 2.45) is 0 Å². The first kappa shape index (κ1) is 50.4. The van der Waals surface area contributed by atoms with Gasteiger partial charge in [-0.3, -0.25) is 23.2 Å². The molecule has 0 bridgehead atoms. The predicted octanol–water partition coefficient (Wildman–Crippen LogP) is 4.07. The molecule has 19 nitrogen and oxygen atoms in total. The van der Waals surface area contributed by atoms with E-state index >= 15 is 0 Å². The van der Waals surface area contributed by atoms with Crippen LogP contribution in [0.5, 0.6) is 0 Å². The third-order valence-corrected chi connectivity index (χ3v) is 14.0. The minimum atomic E-state index is -4.61. The van der Waals surface area contributed by atoms with Gasteiger partial charge in [0.05, 0.1) is 40.6 Å². The molecular formula is C42H54N3O16S3+. The lowest BCUT2D eigenvalue weighted by Crippen LogP contribution is -2.33. The fraction of sp³-hybridized carbons (Fsp3) is 0.476. The minimum Gasteiger partial charge on any atom is -0.385 e. The lowest BCUT2D eigenvalue weighted by atomic mass is 9.75. The van der Waals surface area contributed by atoms with Gasteiger partial charge in [-0.2, -0.15) is 29.8 Å². The number of imide groups is 1. The van der Waals surface area contributed by atoms with Crippen LogP contribution in [0.3, 0.4) is 0 Å². The summed E-state index contributed by atoms with van der Waals surface area (Å²) in [4.78, 5) is 42.3. The zero-order chi connectivity index (χ0) is 47.3. The summed E-state index contributed by atoms with van der Waals surface area (Å²) in [5.41, 5.74) is 2.58. The lowest BCUT2D eigenvalue weighted by Gasteiger charge is -2.30. The van der Waals surface area contributed by atoms with Gasteiger partial charge in [-0.15, -0.1) is 5.06 Å². The number of carbonyl (C=O) groups excluding carboxylic acids is 3. The molecule has 3 aliphatic heterocycles. The SMILES string of the molecule is COCC[N+]1=C(/C=C/C(C)=C/C=C2/N(CCOCCC(=O)ON3C(=O)CCC3=O)c3ccc(S(=O)(=O)O)cc3C2(C)CCOC)C(C)(CCCS(=O)(=O)O)c2cc(S(=O)(=O)O)ccc21. The molecule has 64 heavy (non-hydrogen) atoms. The van der Waals surface area contributed by atoms with Crippen LogP contribution in [0.2, 0.25) is 0 Å². The molecule has 2 aromatic carbocycles. The van der Waals surface area contributed by atoms with Gasteiger partial charge in [-0.05, 0) is 82.0 Å². The summed E-state index contributed by atoms with van der Waals surface area (Å²) in [6.07, 6.45) is 7.60. The van der Waals surface area contributed by atoms with Crippen molar-refractivity contribution in [1.82, 2.24) is 5.06 Å². The number of hydrogen-bond acceptors (Lipinski definition) is 14. The van der Waals surface area contributed by atoms with Gasteiger partial charge in [0.1, 0.15) is 6.61 Å². The lowest BCUT2D eigenvalue weighted by molar-refractivity contribution is -0.441. The first-order chi connectivity index (χ1) is 29.9. The molecule has 0 aliphatic carbocycles. The number of carbonyl (C=O) groups is 3. The molecule has 2 amide bonds. The van der Waals surface area contributed by atoms with E-state index in [-0.39, 0.29) is 74.9 Å². The van der Waals surface area contributed by atoms with E-state index in [1.165, 1.54) is 38.5 Å². The van der Waals surface area contributed by atoms with Crippen molar-refractivity contribution in [3.8, 4) is 0 Å². The largest absolute Gasteiger partial charge is 0.385 e. The van der Waals surface area contributed by atoms with E-state index in [4.69, 9.17) is 19.0 Å². The van der Waals surface area contributed by atoms with E-state index in [0.717, 1.165) is 5.57 Å². The Morgan fingerprint density at radius 3 is 2.06 bits per heavy atom. The van der Waals surface area contributed by atoms with Gasteiger partial charge in [0.25, 0.3) is 42.2 Å². The van der Waals surface area contributed by atoms with Crippen molar-refractivity contribution in [3.05, 3.63) is 83.1 Å². The van der Waals surface area contributed by atoms with Gasteiger partial charge in [0.2, 0.25) is 5.69 Å². The molecule has 0 spiro atoms. The van der Waals surface area contributed by atoms with Crippen molar-refractivity contribution in [1.29, 1.82) is 0 Å². The number of hydroxylamine groups is 2. The van der Waals surface area contributed by atoms with Crippen LogP contribution in [-0.2, 0) is 74.6 Å². The van der Waals surface area contributed by atoms with E-state index in [0.29, 0.717) is 51.9 Å². The monoisotopic (exact) mass is 952 g/mol. The van der Waals surface area contributed by atoms with Crippen molar-refractivity contribution < 1.29 is 76.9 Å². The van der Waals surface area contributed by atoms with Crippen LogP contribution in [0.15, 0.2) is 81.8 Å². The quantitative estimate of drug-likeness (QED) is 0.0494. The average Bonchev–Trinajstić information content (AvgIpc) is 3.74. The summed E-state index contributed by atoms with van der Waals surface area (Å²) in [5, 5.41) is 0.463. The highest BCUT2D eigenvalue weighted by atomic mass is 32.2.